The fraction of sp³-hybridized carbons (Fsp3) is 0.500. The average Bonchev–Trinajstić information content (AvgIpc) is 2.46. The highest BCUT2D eigenvalue weighted by Crippen LogP contribution is 2.34. The zero-order chi connectivity index (χ0) is 13.7. The number of benzene rings is 1. The van der Waals surface area contributed by atoms with Gasteiger partial charge in [-0.1, -0.05) is 0 Å². The van der Waals surface area contributed by atoms with Crippen LogP contribution in [0.3, 0.4) is 0 Å². The van der Waals surface area contributed by atoms with Gasteiger partial charge in [0.05, 0.1) is 19.3 Å². The molecule has 0 saturated carbocycles. The maximum atomic E-state index is 11.2. The van der Waals surface area contributed by atoms with Crippen LogP contribution in [-0.2, 0) is 4.79 Å². The lowest BCUT2D eigenvalue weighted by Crippen LogP contribution is -2.34. The van der Waals surface area contributed by atoms with Gasteiger partial charge >= 0.3 is 0 Å². The largest absolute Gasteiger partial charge is 0.497 e. The molecule has 0 atom stereocenters. The molecule has 0 aliphatic carbocycles. The van der Waals surface area contributed by atoms with E-state index in [1.165, 1.54) is 0 Å². The number of methoxy groups -OCH3 is 1. The molecule has 1 aliphatic rings. The molecule has 5 heteroatoms. The number of carbonyl (C=O) groups excluding carboxylic acids is 1. The van der Waals surface area contributed by atoms with Crippen LogP contribution in [0.2, 0.25) is 0 Å². The van der Waals surface area contributed by atoms with Crippen LogP contribution in [0, 0.1) is 0 Å². The van der Waals surface area contributed by atoms with Crippen LogP contribution in [0.15, 0.2) is 18.2 Å². The second-order valence-corrected chi connectivity index (χ2v) is 4.45. The molecule has 0 aromatic heterocycles. The van der Waals surface area contributed by atoms with Gasteiger partial charge in [-0.05, 0) is 18.6 Å². The van der Waals surface area contributed by atoms with Gasteiger partial charge < -0.3 is 19.7 Å². The zero-order valence-electron chi connectivity index (χ0n) is 11.4. The number of anilines is 1. The molecule has 104 valence electrons. The summed E-state index contributed by atoms with van der Waals surface area (Å²) in [5.41, 5.74) is 1.04. The number of hydrogen-bond donors (Lipinski definition) is 1. The molecule has 0 bridgehead atoms. The Labute approximate surface area is 113 Å². The van der Waals surface area contributed by atoms with Gasteiger partial charge in [0.15, 0.2) is 0 Å². The lowest BCUT2D eigenvalue weighted by Gasteiger charge is -2.31. The van der Waals surface area contributed by atoms with Gasteiger partial charge in [-0.15, -0.1) is 0 Å². The molecule has 0 spiro atoms. The molecule has 1 amide bonds. The quantitative estimate of drug-likeness (QED) is 0.874. The molecular formula is C14H20N2O3. The highest BCUT2D eigenvalue weighted by atomic mass is 16.5. The van der Waals surface area contributed by atoms with Crippen molar-refractivity contribution >= 4 is 11.6 Å². The standard InChI is InChI=1S/C14H20N2O3/c1-15-14(17)4-3-7-16-8-9-19-13-6-5-11(18-2)10-12(13)16/h5-6,10H,3-4,7-9H2,1-2H3,(H,15,17). The van der Waals surface area contributed by atoms with Gasteiger partial charge in [-0.2, -0.15) is 0 Å². The van der Waals surface area contributed by atoms with Crippen molar-refractivity contribution in [1.29, 1.82) is 0 Å². The lowest BCUT2D eigenvalue weighted by molar-refractivity contribution is -0.120. The van der Waals surface area contributed by atoms with Crippen LogP contribution in [0.4, 0.5) is 5.69 Å². The fourth-order valence-electron chi connectivity index (χ4n) is 2.17. The van der Waals surface area contributed by atoms with Crippen LogP contribution >= 0.6 is 0 Å². The van der Waals surface area contributed by atoms with E-state index in [0.717, 1.165) is 36.7 Å². The second-order valence-electron chi connectivity index (χ2n) is 4.45. The molecule has 5 nitrogen and oxygen atoms in total. The van der Waals surface area contributed by atoms with Gasteiger partial charge in [0.2, 0.25) is 5.91 Å². The Kier molecular flexibility index (Phi) is 4.49. The minimum absolute atomic E-state index is 0.0825. The molecule has 1 aliphatic heterocycles. The van der Waals surface area contributed by atoms with Crippen LogP contribution in [0.5, 0.6) is 11.5 Å². The normalized spacial score (nSPS) is 13.5. The third-order valence-electron chi connectivity index (χ3n) is 3.24. The summed E-state index contributed by atoms with van der Waals surface area (Å²) in [7, 11) is 3.32. The molecule has 1 aromatic rings. The summed E-state index contributed by atoms with van der Waals surface area (Å²) in [6, 6.07) is 5.81. The smallest absolute Gasteiger partial charge is 0.219 e. The molecule has 1 aromatic carbocycles. The van der Waals surface area contributed by atoms with Crippen molar-refractivity contribution in [3.8, 4) is 11.5 Å². The van der Waals surface area contributed by atoms with Crippen LogP contribution in [-0.4, -0.2) is 39.8 Å². The van der Waals surface area contributed by atoms with E-state index < -0.39 is 0 Å². The molecule has 0 unspecified atom stereocenters. The third-order valence-corrected chi connectivity index (χ3v) is 3.24. The van der Waals surface area contributed by atoms with E-state index in [9.17, 15) is 4.79 Å². The van der Waals surface area contributed by atoms with Gasteiger partial charge in [-0.3, -0.25) is 4.79 Å². The molecule has 1 N–H and O–H groups in total. The van der Waals surface area contributed by atoms with E-state index in [0.29, 0.717) is 13.0 Å². The minimum Gasteiger partial charge on any atom is -0.497 e. The van der Waals surface area contributed by atoms with Crippen molar-refractivity contribution in [1.82, 2.24) is 5.32 Å². The van der Waals surface area contributed by atoms with E-state index in [2.05, 4.69) is 10.2 Å². The summed E-state index contributed by atoms with van der Waals surface area (Å²) >= 11 is 0. The number of nitrogens with one attached hydrogen (secondary N) is 1. The van der Waals surface area contributed by atoms with Gasteiger partial charge in [0, 0.05) is 26.1 Å². The number of nitrogens with zero attached hydrogens (tertiary/aromatic N) is 1. The number of rotatable bonds is 5. The molecule has 1 heterocycles. The van der Waals surface area contributed by atoms with Crippen molar-refractivity contribution in [2.45, 2.75) is 12.8 Å². The predicted octanol–water partition coefficient (Wildman–Crippen LogP) is 1.42. The van der Waals surface area contributed by atoms with Crippen molar-refractivity contribution < 1.29 is 14.3 Å². The first kappa shape index (κ1) is 13.5. The number of ether oxygens (including phenoxy) is 2. The predicted molar refractivity (Wildman–Crippen MR) is 74.0 cm³/mol. The molecule has 0 fully saturated rings. The van der Waals surface area contributed by atoms with Crippen LogP contribution < -0.4 is 19.7 Å². The van der Waals surface area contributed by atoms with Gasteiger partial charge in [0.1, 0.15) is 18.1 Å². The van der Waals surface area contributed by atoms with E-state index >= 15 is 0 Å². The van der Waals surface area contributed by atoms with E-state index in [4.69, 9.17) is 9.47 Å². The number of fused-ring (bicyclic) bond motifs is 1. The number of amides is 1. The molecule has 2 rings (SSSR count). The van der Waals surface area contributed by atoms with Crippen molar-refractivity contribution in [3.05, 3.63) is 18.2 Å². The lowest BCUT2D eigenvalue weighted by atomic mass is 10.2. The van der Waals surface area contributed by atoms with E-state index in [1.807, 2.05) is 18.2 Å². The maximum Gasteiger partial charge on any atom is 0.219 e. The summed E-state index contributed by atoms with van der Waals surface area (Å²) in [6.07, 6.45) is 1.38. The first-order valence-corrected chi connectivity index (χ1v) is 6.51. The number of hydrogen-bond acceptors (Lipinski definition) is 4. The minimum atomic E-state index is 0.0825. The topological polar surface area (TPSA) is 50.8 Å². The highest BCUT2D eigenvalue weighted by molar-refractivity contribution is 5.75. The third kappa shape index (κ3) is 3.30. The van der Waals surface area contributed by atoms with Crippen LogP contribution in [0.25, 0.3) is 0 Å². The molecular weight excluding hydrogens is 244 g/mol. The molecule has 19 heavy (non-hydrogen) atoms. The second kappa shape index (κ2) is 6.31. The Morgan fingerprint density at radius 2 is 2.37 bits per heavy atom. The van der Waals surface area contributed by atoms with Gasteiger partial charge in [-0.25, -0.2) is 0 Å². The van der Waals surface area contributed by atoms with Crippen molar-refractivity contribution in [3.63, 3.8) is 0 Å². The summed E-state index contributed by atoms with van der Waals surface area (Å²) < 4.78 is 10.9. The van der Waals surface area contributed by atoms with E-state index in [1.54, 1.807) is 14.2 Å². The Balaban J connectivity index is 2.02. The first-order chi connectivity index (χ1) is 9.24. The SMILES string of the molecule is CNC(=O)CCCN1CCOc2ccc(OC)cc21. The summed E-state index contributed by atoms with van der Waals surface area (Å²) in [5, 5.41) is 2.64. The Hall–Kier alpha value is -1.91. The highest BCUT2D eigenvalue weighted by Gasteiger charge is 2.18. The van der Waals surface area contributed by atoms with Crippen molar-refractivity contribution in [2.75, 3.05) is 38.8 Å². The summed E-state index contributed by atoms with van der Waals surface area (Å²) in [6.45, 7) is 2.37. The molecule has 0 radical (unpaired) electrons. The average molecular weight is 264 g/mol. The fourth-order valence-corrected chi connectivity index (χ4v) is 2.17. The molecule has 0 saturated heterocycles. The first-order valence-electron chi connectivity index (χ1n) is 6.51. The summed E-state index contributed by atoms with van der Waals surface area (Å²) in [4.78, 5) is 13.5. The maximum absolute atomic E-state index is 11.2. The monoisotopic (exact) mass is 264 g/mol. The summed E-state index contributed by atoms with van der Waals surface area (Å²) in [5.74, 6) is 1.78. The Bertz CT molecular complexity index is 448. The van der Waals surface area contributed by atoms with Crippen molar-refractivity contribution in [2.24, 2.45) is 0 Å². The Morgan fingerprint density at radius 1 is 1.53 bits per heavy atom. The zero-order valence-corrected chi connectivity index (χ0v) is 11.4. The van der Waals surface area contributed by atoms with Crippen LogP contribution in [0.1, 0.15) is 12.8 Å². The number of carbonyl (C=O) groups is 1. The van der Waals surface area contributed by atoms with Gasteiger partial charge in [0.25, 0.3) is 0 Å². The van der Waals surface area contributed by atoms with E-state index in [-0.39, 0.29) is 5.91 Å². The Morgan fingerprint density at radius 3 is 3.11 bits per heavy atom.